The van der Waals surface area contributed by atoms with Gasteiger partial charge in [0.25, 0.3) is 0 Å². The lowest BCUT2D eigenvalue weighted by Gasteiger charge is -2.03. The number of thiophene rings is 1. The van der Waals surface area contributed by atoms with Gasteiger partial charge < -0.3 is 10.1 Å². The average molecular weight is 381 g/mol. The summed E-state index contributed by atoms with van der Waals surface area (Å²) < 4.78 is 5.13. The van der Waals surface area contributed by atoms with E-state index in [9.17, 15) is 0 Å². The quantitative estimate of drug-likeness (QED) is 0.571. The van der Waals surface area contributed by atoms with Gasteiger partial charge in [0, 0.05) is 15.8 Å². The number of nitrogens with zero attached hydrogens (tertiary/aromatic N) is 1. The average Bonchev–Trinajstić information content (AvgIpc) is 3.15. The molecule has 3 aromatic rings. The van der Waals surface area contributed by atoms with Gasteiger partial charge in [-0.1, -0.05) is 23.7 Å². The SMILES string of the molecule is COC(=S)c1cc(-c2csc(Nc3ccccc3Cl)n2)c(C)s1. The van der Waals surface area contributed by atoms with Gasteiger partial charge in [0.05, 0.1) is 28.4 Å². The number of nitrogens with one attached hydrogen (secondary N) is 1. The first kappa shape index (κ1) is 16.4. The van der Waals surface area contributed by atoms with Crippen molar-refractivity contribution in [2.24, 2.45) is 0 Å². The normalized spacial score (nSPS) is 10.6. The molecule has 118 valence electrons. The number of hydrogen-bond acceptors (Lipinski definition) is 6. The van der Waals surface area contributed by atoms with Gasteiger partial charge in [0.1, 0.15) is 0 Å². The van der Waals surface area contributed by atoms with Crippen LogP contribution in [0.2, 0.25) is 5.02 Å². The standard InChI is InChI=1S/C16H13ClN2OS3/c1-9-10(7-14(23-9)15(21)20-2)13-8-22-16(19-13)18-12-6-4-3-5-11(12)17/h3-8H,1-2H3,(H,18,19). The molecule has 0 spiro atoms. The Morgan fingerprint density at radius 2 is 2.13 bits per heavy atom. The molecule has 0 atom stereocenters. The van der Waals surface area contributed by atoms with Crippen LogP contribution < -0.4 is 5.32 Å². The van der Waals surface area contributed by atoms with Crippen molar-refractivity contribution >= 4 is 62.4 Å². The molecule has 3 nitrogen and oxygen atoms in total. The number of benzene rings is 1. The van der Waals surface area contributed by atoms with E-state index in [1.807, 2.05) is 35.7 Å². The summed E-state index contributed by atoms with van der Waals surface area (Å²) in [5.41, 5.74) is 2.84. The van der Waals surface area contributed by atoms with Crippen molar-refractivity contribution in [1.82, 2.24) is 4.98 Å². The highest BCUT2D eigenvalue weighted by atomic mass is 35.5. The predicted molar refractivity (Wildman–Crippen MR) is 104 cm³/mol. The molecular weight excluding hydrogens is 368 g/mol. The molecule has 0 saturated carbocycles. The number of anilines is 2. The summed E-state index contributed by atoms with van der Waals surface area (Å²) in [7, 11) is 1.59. The molecule has 0 radical (unpaired) electrons. The predicted octanol–water partition coefficient (Wildman–Crippen LogP) is 5.90. The molecule has 0 aliphatic rings. The summed E-state index contributed by atoms with van der Waals surface area (Å²) in [5.74, 6) is 0. The molecule has 7 heteroatoms. The Kier molecular flexibility index (Phi) is 4.96. The first-order valence-electron chi connectivity index (χ1n) is 6.74. The molecule has 0 saturated heterocycles. The molecule has 0 aliphatic carbocycles. The monoisotopic (exact) mass is 380 g/mol. The fraction of sp³-hybridized carbons (Fsp3) is 0.125. The fourth-order valence-corrected chi connectivity index (χ4v) is 4.11. The summed E-state index contributed by atoms with van der Waals surface area (Å²) in [6.07, 6.45) is 0. The topological polar surface area (TPSA) is 34.1 Å². The highest BCUT2D eigenvalue weighted by molar-refractivity contribution is 7.80. The van der Waals surface area contributed by atoms with Crippen molar-refractivity contribution in [3.63, 3.8) is 0 Å². The Morgan fingerprint density at radius 3 is 2.87 bits per heavy atom. The van der Waals surface area contributed by atoms with Crippen molar-refractivity contribution in [2.75, 3.05) is 12.4 Å². The van der Waals surface area contributed by atoms with Crippen LogP contribution in [-0.2, 0) is 4.74 Å². The van der Waals surface area contributed by atoms with Gasteiger partial charge >= 0.3 is 0 Å². The summed E-state index contributed by atoms with van der Waals surface area (Å²) in [6, 6.07) is 9.63. The fourth-order valence-electron chi connectivity index (χ4n) is 2.07. The van der Waals surface area contributed by atoms with Gasteiger partial charge in [-0.05, 0) is 37.3 Å². The number of thiazole rings is 1. The van der Waals surface area contributed by atoms with E-state index in [0.29, 0.717) is 10.1 Å². The molecule has 0 bridgehead atoms. The van der Waals surface area contributed by atoms with Gasteiger partial charge in [0.2, 0.25) is 5.05 Å². The van der Waals surface area contributed by atoms with Crippen LogP contribution in [0.3, 0.4) is 0 Å². The summed E-state index contributed by atoms with van der Waals surface area (Å²) in [5, 5.41) is 7.25. The Labute approximate surface area is 152 Å². The summed E-state index contributed by atoms with van der Waals surface area (Å²) in [4.78, 5) is 6.76. The van der Waals surface area contributed by atoms with Crippen LogP contribution in [0, 0.1) is 6.92 Å². The molecular formula is C16H13ClN2OS3. The van der Waals surface area contributed by atoms with Gasteiger partial charge in [-0.2, -0.15) is 0 Å². The number of hydrogen-bond donors (Lipinski definition) is 1. The second kappa shape index (κ2) is 6.97. The van der Waals surface area contributed by atoms with E-state index in [1.54, 1.807) is 18.4 Å². The molecule has 3 rings (SSSR count). The minimum atomic E-state index is 0.508. The second-order valence-electron chi connectivity index (χ2n) is 4.71. The van der Waals surface area contributed by atoms with Crippen LogP contribution in [0.4, 0.5) is 10.8 Å². The van der Waals surface area contributed by atoms with Crippen molar-refractivity contribution < 1.29 is 4.74 Å². The van der Waals surface area contributed by atoms with Gasteiger partial charge in [0.15, 0.2) is 5.13 Å². The number of rotatable bonds is 4. The second-order valence-corrected chi connectivity index (χ2v) is 7.61. The minimum Gasteiger partial charge on any atom is -0.486 e. The summed E-state index contributed by atoms with van der Waals surface area (Å²) in [6.45, 7) is 2.06. The number of ether oxygens (including phenoxy) is 1. The number of thiocarbonyl (C=S) groups is 1. The zero-order chi connectivity index (χ0) is 16.4. The van der Waals surface area contributed by atoms with E-state index < -0.39 is 0 Å². The highest BCUT2D eigenvalue weighted by Gasteiger charge is 2.14. The molecule has 1 aromatic carbocycles. The maximum atomic E-state index is 6.17. The maximum Gasteiger partial charge on any atom is 0.201 e. The van der Waals surface area contributed by atoms with Gasteiger partial charge in [-0.25, -0.2) is 4.98 Å². The number of halogens is 1. The van der Waals surface area contributed by atoms with E-state index in [0.717, 1.165) is 31.8 Å². The Hall–Kier alpha value is -1.47. The van der Waals surface area contributed by atoms with Crippen LogP contribution >= 0.6 is 46.5 Å². The van der Waals surface area contributed by atoms with Crippen molar-refractivity contribution in [3.8, 4) is 11.3 Å². The first-order chi connectivity index (χ1) is 11.1. The van der Waals surface area contributed by atoms with Crippen LogP contribution in [0.5, 0.6) is 0 Å². The zero-order valence-electron chi connectivity index (χ0n) is 12.4. The highest BCUT2D eigenvalue weighted by Crippen LogP contribution is 2.35. The number of methoxy groups -OCH3 is 1. The van der Waals surface area contributed by atoms with Crippen molar-refractivity contribution in [2.45, 2.75) is 6.92 Å². The molecule has 1 N–H and O–H groups in total. The molecule has 0 aliphatic heterocycles. The van der Waals surface area contributed by atoms with Gasteiger partial charge in [-0.3, -0.25) is 0 Å². The number of aryl methyl sites for hydroxylation is 1. The van der Waals surface area contributed by atoms with Crippen LogP contribution in [0.25, 0.3) is 11.3 Å². The van der Waals surface area contributed by atoms with Crippen molar-refractivity contribution in [1.29, 1.82) is 0 Å². The third-order valence-electron chi connectivity index (χ3n) is 3.20. The lowest BCUT2D eigenvalue weighted by Crippen LogP contribution is -1.95. The van der Waals surface area contributed by atoms with E-state index in [4.69, 9.17) is 28.6 Å². The molecule has 0 unspecified atom stereocenters. The van der Waals surface area contributed by atoms with E-state index in [2.05, 4.69) is 17.2 Å². The van der Waals surface area contributed by atoms with Crippen molar-refractivity contribution in [3.05, 3.63) is 50.5 Å². The molecule has 0 fully saturated rings. The summed E-state index contributed by atoms with van der Waals surface area (Å²) >= 11 is 14.5. The third-order valence-corrected chi connectivity index (χ3v) is 5.85. The van der Waals surface area contributed by atoms with Gasteiger partial charge in [-0.15, -0.1) is 22.7 Å². The minimum absolute atomic E-state index is 0.508. The maximum absolute atomic E-state index is 6.17. The number of aromatic nitrogens is 1. The smallest absolute Gasteiger partial charge is 0.201 e. The Bertz CT molecular complexity index is 857. The molecule has 2 aromatic heterocycles. The molecule has 2 heterocycles. The first-order valence-corrected chi connectivity index (χ1v) is 9.23. The zero-order valence-corrected chi connectivity index (χ0v) is 15.6. The van der Waals surface area contributed by atoms with Crippen LogP contribution in [-0.4, -0.2) is 17.1 Å². The van der Waals surface area contributed by atoms with E-state index in [1.165, 1.54) is 11.3 Å². The van der Waals surface area contributed by atoms with Crippen LogP contribution in [0.1, 0.15) is 9.75 Å². The Morgan fingerprint density at radius 1 is 1.35 bits per heavy atom. The number of para-hydroxylation sites is 1. The lowest BCUT2D eigenvalue weighted by atomic mass is 10.2. The van der Waals surface area contributed by atoms with E-state index in [-0.39, 0.29) is 0 Å². The molecule has 23 heavy (non-hydrogen) atoms. The lowest BCUT2D eigenvalue weighted by molar-refractivity contribution is 0.417. The largest absolute Gasteiger partial charge is 0.486 e. The van der Waals surface area contributed by atoms with Crippen LogP contribution in [0.15, 0.2) is 35.7 Å². The molecule has 0 amide bonds. The van der Waals surface area contributed by atoms with E-state index >= 15 is 0 Å². The third kappa shape index (κ3) is 3.55. The Balaban J connectivity index is 1.86.